The maximum absolute atomic E-state index is 13.6. The Bertz CT molecular complexity index is 980. The summed E-state index contributed by atoms with van der Waals surface area (Å²) in [5.74, 6) is -1.96. The number of rotatable bonds is 12. The minimum Gasteiger partial charge on any atom is -0.508 e. The van der Waals surface area contributed by atoms with Crippen molar-refractivity contribution < 1.29 is 29.0 Å². The first-order valence-corrected chi connectivity index (χ1v) is 11.9. The number of ether oxygens (including phenoxy) is 1. The van der Waals surface area contributed by atoms with Crippen LogP contribution in [0.15, 0.2) is 18.2 Å². The van der Waals surface area contributed by atoms with Crippen LogP contribution in [0.1, 0.15) is 77.0 Å². The molecule has 1 rings (SSSR count). The first-order chi connectivity index (χ1) is 16.8. The number of hydrogen-bond donors (Lipinski definition) is 4. The van der Waals surface area contributed by atoms with E-state index in [0.29, 0.717) is 17.7 Å². The minimum atomic E-state index is -1.28. The largest absolute Gasteiger partial charge is 0.508 e. The molecule has 0 bridgehead atoms. The number of hydrogen-bond acceptors (Lipinski definition) is 6. The van der Waals surface area contributed by atoms with Crippen LogP contribution < -0.4 is 16.4 Å². The first-order valence-electron chi connectivity index (χ1n) is 11.9. The van der Waals surface area contributed by atoms with Gasteiger partial charge in [-0.05, 0) is 63.8 Å². The predicted molar refractivity (Wildman–Crippen MR) is 135 cm³/mol. The molecule has 2 atom stereocenters. The lowest BCUT2D eigenvalue weighted by Gasteiger charge is -2.30. The lowest BCUT2D eigenvalue weighted by molar-refractivity contribution is -0.138. The molecule has 198 valence electrons. The standard InChI is InChI=1S/C26H38N4O6/c1-7-9-10-15-28-23(33)22(18-11-13-20(31)17(3)16-18)30(8-2)24(34)19(12-14-21(27)32)29-25(35)36-26(4,5)6/h2,11,13,16,19,22,31H,7,9-10,12,14-15H2,1,3-6H3,(H2,27,32)(H,28,33)(H,29,35). The number of nitrogens with two attached hydrogens (primary N) is 1. The van der Waals surface area contributed by atoms with Crippen molar-refractivity contribution in [3.8, 4) is 18.2 Å². The van der Waals surface area contributed by atoms with Gasteiger partial charge in [0.15, 0.2) is 0 Å². The zero-order valence-electron chi connectivity index (χ0n) is 21.7. The van der Waals surface area contributed by atoms with Gasteiger partial charge in [-0.2, -0.15) is 0 Å². The van der Waals surface area contributed by atoms with Crippen LogP contribution in [0.4, 0.5) is 4.79 Å². The Hall–Kier alpha value is -3.74. The third-order valence-corrected chi connectivity index (χ3v) is 5.17. The number of alkyl carbamates (subject to hydrolysis) is 1. The number of benzene rings is 1. The van der Waals surface area contributed by atoms with Crippen molar-refractivity contribution in [1.82, 2.24) is 15.5 Å². The normalized spacial score (nSPS) is 12.6. The number of aryl methyl sites for hydroxylation is 1. The van der Waals surface area contributed by atoms with Crippen LogP contribution in [-0.4, -0.2) is 52.0 Å². The van der Waals surface area contributed by atoms with Crippen LogP contribution in [0.5, 0.6) is 5.75 Å². The second-order valence-electron chi connectivity index (χ2n) is 9.49. The van der Waals surface area contributed by atoms with Gasteiger partial charge in [-0.1, -0.05) is 32.3 Å². The van der Waals surface area contributed by atoms with E-state index in [0.717, 1.165) is 24.2 Å². The molecule has 0 aliphatic carbocycles. The molecule has 2 unspecified atom stereocenters. The van der Waals surface area contributed by atoms with Gasteiger partial charge in [0, 0.05) is 19.0 Å². The molecular weight excluding hydrogens is 464 g/mol. The molecule has 1 aromatic carbocycles. The minimum absolute atomic E-state index is 0.0189. The Kier molecular flexibility index (Phi) is 11.8. The molecule has 0 saturated carbocycles. The zero-order chi connectivity index (χ0) is 27.5. The van der Waals surface area contributed by atoms with Crippen LogP contribution >= 0.6 is 0 Å². The molecule has 10 heteroatoms. The van der Waals surface area contributed by atoms with Crippen LogP contribution in [0.2, 0.25) is 0 Å². The number of amides is 4. The van der Waals surface area contributed by atoms with Crippen molar-refractivity contribution in [2.45, 2.75) is 84.4 Å². The quantitative estimate of drug-likeness (QED) is 0.196. The number of aromatic hydroxyl groups is 1. The van der Waals surface area contributed by atoms with Crippen LogP contribution in [0.3, 0.4) is 0 Å². The number of carbonyl (C=O) groups is 4. The SMILES string of the molecule is C#CN(C(=O)C(CCC(N)=O)NC(=O)OC(C)(C)C)C(C(=O)NCCCCC)c1ccc(O)c(C)c1. The summed E-state index contributed by atoms with van der Waals surface area (Å²) in [4.78, 5) is 51.5. The van der Waals surface area contributed by atoms with E-state index in [2.05, 4.69) is 16.7 Å². The van der Waals surface area contributed by atoms with Crippen LogP contribution in [-0.2, 0) is 19.1 Å². The van der Waals surface area contributed by atoms with E-state index in [4.69, 9.17) is 16.9 Å². The summed E-state index contributed by atoms with van der Waals surface area (Å²) in [6.45, 7) is 9.04. The summed E-state index contributed by atoms with van der Waals surface area (Å²) in [6, 6.07) is 4.19. The lowest BCUT2D eigenvalue weighted by atomic mass is 10.00. The Labute approximate surface area is 212 Å². The molecule has 0 aliphatic rings. The van der Waals surface area contributed by atoms with Crippen molar-refractivity contribution in [2.24, 2.45) is 5.73 Å². The highest BCUT2D eigenvalue weighted by Crippen LogP contribution is 2.27. The van der Waals surface area contributed by atoms with Crippen LogP contribution in [0.25, 0.3) is 0 Å². The number of primary amides is 1. The molecular formula is C26H38N4O6. The number of terminal acetylenes is 1. The number of nitrogens with zero attached hydrogens (tertiary/aromatic N) is 1. The van der Waals surface area contributed by atoms with Gasteiger partial charge < -0.3 is 26.2 Å². The maximum Gasteiger partial charge on any atom is 0.408 e. The monoisotopic (exact) mass is 502 g/mol. The van der Waals surface area contributed by atoms with E-state index in [1.807, 2.05) is 6.92 Å². The highest BCUT2D eigenvalue weighted by atomic mass is 16.6. The van der Waals surface area contributed by atoms with Crippen molar-refractivity contribution >= 4 is 23.8 Å². The summed E-state index contributed by atoms with van der Waals surface area (Å²) >= 11 is 0. The van der Waals surface area contributed by atoms with Gasteiger partial charge in [-0.15, -0.1) is 0 Å². The van der Waals surface area contributed by atoms with Gasteiger partial charge in [-0.3, -0.25) is 19.3 Å². The third-order valence-electron chi connectivity index (χ3n) is 5.17. The van der Waals surface area contributed by atoms with Gasteiger partial charge in [0.25, 0.3) is 5.91 Å². The summed E-state index contributed by atoms with van der Waals surface area (Å²) < 4.78 is 5.24. The molecule has 10 nitrogen and oxygen atoms in total. The summed E-state index contributed by atoms with van der Waals surface area (Å²) in [5, 5.41) is 15.2. The molecule has 0 fully saturated rings. The van der Waals surface area contributed by atoms with E-state index in [1.165, 1.54) is 12.1 Å². The van der Waals surface area contributed by atoms with Crippen molar-refractivity contribution in [3.05, 3.63) is 29.3 Å². The van der Waals surface area contributed by atoms with Gasteiger partial charge in [0.05, 0.1) is 0 Å². The Morgan fingerprint density at radius 3 is 2.42 bits per heavy atom. The van der Waals surface area contributed by atoms with E-state index >= 15 is 0 Å². The average Bonchev–Trinajstić information content (AvgIpc) is 2.77. The molecule has 4 amide bonds. The van der Waals surface area contributed by atoms with Gasteiger partial charge in [0.1, 0.15) is 23.4 Å². The summed E-state index contributed by atoms with van der Waals surface area (Å²) in [5.41, 5.74) is 5.27. The van der Waals surface area contributed by atoms with E-state index < -0.39 is 41.5 Å². The fraction of sp³-hybridized carbons (Fsp3) is 0.538. The Morgan fingerprint density at radius 1 is 1.22 bits per heavy atom. The Balaban J connectivity index is 3.36. The number of phenols is 1. The predicted octanol–water partition coefficient (Wildman–Crippen LogP) is 2.63. The lowest BCUT2D eigenvalue weighted by Crippen LogP contribution is -2.51. The van der Waals surface area contributed by atoms with Gasteiger partial charge in [-0.25, -0.2) is 4.79 Å². The van der Waals surface area contributed by atoms with Crippen LogP contribution in [0, 0.1) is 19.4 Å². The second-order valence-corrected chi connectivity index (χ2v) is 9.49. The highest BCUT2D eigenvalue weighted by Gasteiger charge is 2.36. The number of carbonyl (C=O) groups excluding carboxylic acids is 4. The molecule has 0 radical (unpaired) electrons. The maximum atomic E-state index is 13.6. The summed E-state index contributed by atoms with van der Waals surface area (Å²) in [7, 11) is 0. The highest BCUT2D eigenvalue weighted by molar-refractivity contribution is 5.93. The molecule has 0 aromatic heterocycles. The summed E-state index contributed by atoms with van der Waals surface area (Å²) in [6.07, 6.45) is 7.08. The van der Waals surface area contributed by atoms with Crippen molar-refractivity contribution in [2.75, 3.05) is 6.54 Å². The van der Waals surface area contributed by atoms with Gasteiger partial charge >= 0.3 is 6.09 Å². The number of phenolic OH excluding ortho intramolecular Hbond substituents is 1. The van der Waals surface area contributed by atoms with E-state index in [1.54, 1.807) is 33.8 Å². The molecule has 0 spiro atoms. The first kappa shape index (κ1) is 30.3. The Morgan fingerprint density at radius 2 is 1.89 bits per heavy atom. The van der Waals surface area contributed by atoms with E-state index in [9.17, 15) is 24.3 Å². The molecule has 0 saturated heterocycles. The topological polar surface area (TPSA) is 151 Å². The smallest absolute Gasteiger partial charge is 0.408 e. The van der Waals surface area contributed by atoms with Crippen molar-refractivity contribution in [3.63, 3.8) is 0 Å². The second kappa shape index (κ2) is 14.0. The average molecular weight is 503 g/mol. The fourth-order valence-electron chi connectivity index (χ4n) is 3.38. The molecule has 5 N–H and O–H groups in total. The third kappa shape index (κ3) is 9.86. The number of nitrogens with one attached hydrogen (secondary N) is 2. The van der Waals surface area contributed by atoms with Crippen molar-refractivity contribution in [1.29, 1.82) is 0 Å². The molecule has 0 heterocycles. The van der Waals surface area contributed by atoms with E-state index in [-0.39, 0.29) is 18.6 Å². The zero-order valence-corrected chi connectivity index (χ0v) is 21.7. The molecule has 0 aliphatic heterocycles. The molecule has 1 aromatic rings. The molecule has 36 heavy (non-hydrogen) atoms. The van der Waals surface area contributed by atoms with Gasteiger partial charge in [0.2, 0.25) is 11.8 Å². The fourth-order valence-corrected chi connectivity index (χ4v) is 3.38. The number of unbranched alkanes of at least 4 members (excludes halogenated alkanes) is 2.